The highest BCUT2D eigenvalue weighted by Crippen LogP contribution is 2.22. The SMILES string of the molecule is CC(C)(C)CCC(O)CCOCC(F)F. The second-order valence-corrected chi connectivity index (χ2v) is 5.01. The Balaban J connectivity index is 3.38. The van der Waals surface area contributed by atoms with E-state index < -0.39 is 19.1 Å². The molecule has 0 saturated heterocycles. The van der Waals surface area contributed by atoms with Gasteiger partial charge < -0.3 is 9.84 Å². The summed E-state index contributed by atoms with van der Waals surface area (Å²) in [6, 6.07) is 0. The monoisotopic (exact) mass is 224 g/mol. The Morgan fingerprint density at radius 3 is 2.27 bits per heavy atom. The summed E-state index contributed by atoms with van der Waals surface area (Å²) < 4.78 is 28.0. The maximum Gasteiger partial charge on any atom is 0.261 e. The fourth-order valence-electron chi connectivity index (χ4n) is 1.14. The first-order valence-corrected chi connectivity index (χ1v) is 5.35. The molecule has 0 saturated carbocycles. The van der Waals surface area contributed by atoms with Gasteiger partial charge in [-0.15, -0.1) is 0 Å². The lowest BCUT2D eigenvalue weighted by atomic mass is 9.89. The van der Waals surface area contributed by atoms with Crippen LogP contribution in [0, 0.1) is 5.41 Å². The number of hydrogen-bond acceptors (Lipinski definition) is 2. The Bertz CT molecular complexity index is 155. The first kappa shape index (κ1) is 14.8. The van der Waals surface area contributed by atoms with Crippen LogP contribution in [0.2, 0.25) is 0 Å². The number of alkyl halides is 2. The van der Waals surface area contributed by atoms with E-state index in [1.54, 1.807) is 0 Å². The van der Waals surface area contributed by atoms with E-state index in [9.17, 15) is 13.9 Å². The van der Waals surface area contributed by atoms with E-state index in [4.69, 9.17) is 0 Å². The van der Waals surface area contributed by atoms with E-state index >= 15 is 0 Å². The molecule has 0 heterocycles. The van der Waals surface area contributed by atoms with E-state index in [1.807, 2.05) is 0 Å². The number of aliphatic hydroxyl groups excluding tert-OH is 1. The standard InChI is InChI=1S/C11H22F2O2/c1-11(2,3)6-4-9(14)5-7-15-8-10(12)13/h9-10,14H,4-8H2,1-3H3. The largest absolute Gasteiger partial charge is 0.393 e. The van der Waals surface area contributed by atoms with E-state index in [-0.39, 0.29) is 12.0 Å². The van der Waals surface area contributed by atoms with Crippen LogP contribution in [0.3, 0.4) is 0 Å². The van der Waals surface area contributed by atoms with Crippen molar-refractivity contribution >= 4 is 0 Å². The number of rotatable bonds is 7. The van der Waals surface area contributed by atoms with Gasteiger partial charge in [0.1, 0.15) is 6.61 Å². The van der Waals surface area contributed by atoms with Gasteiger partial charge in [-0.25, -0.2) is 8.78 Å². The molecule has 1 unspecified atom stereocenters. The molecule has 0 amide bonds. The van der Waals surface area contributed by atoms with Gasteiger partial charge >= 0.3 is 0 Å². The predicted octanol–water partition coefficient (Wildman–Crippen LogP) is 2.85. The lowest BCUT2D eigenvalue weighted by Crippen LogP contribution is -2.16. The summed E-state index contributed by atoms with van der Waals surface area (Å²) in [7, 11) is 0. The van der Waals surface area contributed by atoms with Gasteiger partial charge in [-0.1, -0.05) is 20.8 Å². The molecule has 0 rings (SSSR count). The molecule has 0 aromatic heterocycles. The van der Waals surface area contributed by atoms with Gasteiger partial charge in [-0.2, -0.15) is 0 Å². The molecule has 0 aliphatic rings. The summed E-state index contributed by atoms with van der Waals surface area (Å²) in [5, 5.41) is 9.51. The van der Waals surface area contributed by atoms with Crippen LogP contribution >= 0.6 is 0 Å². The molecule has 1 atom stereocenters. The molecular weight excluding hydrogens is 202 g/mol. The predicted molar refractivity (Wildman–Crippen MR) is 56.1 cm³/mol. The van der Waals surface area contributed by atoms with Gasteiger partial charge in [0, 0.05) is 6.61 Å². The zero-order valence-corrected chi connectivity index (χ0v) is 9.80. The Kier molecular flexibility index (Phi) is 7.02. The van der Waals surface area contributed by atoms with Crippen molar-refractivity contribution in [1.29, 1.82) is 0 Å². The van der Waals surface area contributed by atoms with Gasteiger partial charge in [0.05, 0.1) is 6.10 Å². The Morgan fingerprint density at radius 2 is 1.80 bits per heavy atom. The zero-order chi connectivity index (χ0) is 11.9. The second-order valence-electron chi connectivity index (χ2n) is 5.01. The molecule has 0 bridgehead atoms. The molecule has 2 nitrogen and oxygen atoms in total. The molecule has 4 heteroatoms. The normalized spacial score (nSPS) is 14.6. The third-order valence-electron chi connectivity index (χ3n) is 2.07. The molecule has 0 aliphatic heterocycles. The van der Waals surface area contributed by atoms with Gasteiger partial charge in [0.15, 0.2) is 0 Å². The van der Waals surface area contributed by atoms with Crippen molar-refractivity contribution in [2.45, 2.75) is 52.6 Å². The van der Waals surface area contributed by atoms with Crippen LogP contribution in [0.1, 0.15) is 40.0 Å². The molecule has 1 N–H and O–H groups in total. The van der Waals surface area contributed by atoms with Gasteiger partial charge in [-0.3, -0.25) is 0 Å². The van der Waals surface area contributed by atoms with Crippen molar-refractivity contribution in [3.63, 3.8) is 0 Å². The van der Waals surface area contributed by atoms with Crippen molar-refractivity contribution in [2.24, 2.45) is 5.41 Å². The third-order valence-corrected chi connectivity index (χ3v) is 2.07. The Morgan fingerprint density at radius 1 is 1.20 bits per heavy atom. The molecule has 0 spiro atoms. The quantitative estimate of drug-likeness (QED) is 0.674. The summed E-state index contributed by atoms with van der Waals surface area (Å²) in [6.45, 7) is 5.98. The van der Waals surface area contributed by atoms with E-state index in [1.165, 1.54) is 0 Å². The van der Waals surface area contributed by atoms with Crippen LogP contribution in [-0.4, -0.2) is 30.8 Å². The van der Waals surface area contributed by atoms with Gasteiger partial charge in [0.2, 0.25) is 0 Å². The first-order chi connectivity index (χ1) is 6.81. The molecule has 15 heavy (non-hydrogen) atoms. The van der Waals surface area contributed by atoms with Crippen molar-refractivity contribution in [1.82, 2.24) is 0 Å². The minimum absolute atomic E-state index is 0.199. The summed E-state index contributed by atoms with van der Waals surface area (Å²) in [5.41, 5.74) is 0.199. The molecule has 92 valence electrons. The fraction of sp³-hybridized carbons (Fsp3) is 1.00. The van der Waals surface area contributed by atoms with Crippen LogP contribution in [0.15, 0.2) is 0 Å². The lowest BCUT2D eigenvalue weighted by molar-refractivity contribution is 0.00321. The highest BCUT2D eigenvalue weighted by Gasteiger charge is 2.13. The minimum Gasteiger partial charge on any atom is -0.393 e. The number of ether oxygens (including phenoxy) is 1. The van der Waals surface area contributed by atoms with E-state index in [0.717, 1.165) is 6.42 Å². The molecule has 0 radical (unpaired) electrons. The highest BCUT2D eigenvalue weighted by atomic mass is 19.3. The minimum atomic E-state index is -2.42. The number of aliphatic hydroxyl groups is 1. The zero-order valence-electron chi connectivity index (χ0n) is 9.80. The van der Waals surface area contributed by atoms with Gasteiger partial charge in [-0.05, 0) is 24.7 Å². The molecule has 0 aromatic carbocycles. The van der Waals surface area contributed by atoms with Crippen LogP contribution in [0.4, 0.5) is 8.78 Å². The number of halogens is 2. The van der Waals surface area contributed by atoms with Crippen LogP contribution < -0.4 is 0 Å². The first-order valence-electron chi connectivity index (χ1n) is 5.35. The maximum atomic E-state index is 11.7. The van der Waals surface area contributed by atoms with Crippen molar-refractivity contribution in [3.8, 4) is 0 Å². The van der Waals surface area contributed by atoms with E-state index in [0.29, 0.717) is 12.8 Å². The second kappa shape index (κ2) is 7.12. The Labute approximate surface area is 90.6 Å². The van der Waals surface area contributed by atoms with Crippen LogP contribution in [-0.2, 0) is 4.74 Å². The van der Waals surface area contributed by atoms with Gasteiger partial charge in [0.25, 0.3) is 6.43 Å². The van der Waals surface area contributed by atoms with E-state index in [2.05, 4.69) is 25.5 Å². The summed E-state index contributed by atoms with van der Waals surface area (Å²) in [6.07, 6.45) is -0.813. The van der Waals surface area contributed by atoms with Crippen LogP contribution in [0.25, 0.3) is 0 Å². The average molecular weight is 224 g/mol. The summed E-state index contributed by atoms with van der Waals surface area (Å²) in [4.78, 5) is 0. The van der Waals surface area contributed by atoms with Crippen molar-refractivity contribution in [2.75, 3.05) is 13.2 Å². The molecule has 0 aromatic rings. The topological polar surface area (TPSA) is 29.5 Å². The molecule has 0 fully saturated rings. The van der Waals surface area contributed by atoms with Crippen molar-refractivity contribution in [3.05, 3.63) is 0 Å². The average Bonchev–Trinajstić information content (AvgIpc) is 2.07. The lowest BCUT2D eigenvalue weighted by Gasteiger charge is -2.20. The molecular formula is C11H22F2O2. The molecule has 0 aliphatic carbocycles. The highest BCUT2D eigenvalue weighted by molar-refractivity contribution is 4.65. The summed E-state index contributed by atoms with van der Waals surface area (Å²) >= 11 is 0. The van der Waals surface area contributed by atoms with Crippen LogP contribution in [0.5, 0.6) is 0 Å². The smallest absolute Gasteiger partial charge is 0.261 e. The maximum absolute atomic E-state index is 11.7. The Hall–Kier alpha value is -0.220. The summed E-state index contributed by atoms with van der Waals surface area (Å²) in [5.74, 6) is 0. The van der Waals surface area contributed by atoms with Crippen molar-refractivity contribution < 1.29 is 18.6 Å². The fourth-order valence-corrected chi connectivity index (χ4v) is 1.14. The third kappa shape index (κ3) is 11.7. The number of hydrogen-bond donors (Lipinski definition) is 1.